The number of thiophene rings is 1. The Hall–Kier alpha value is -3.63. The van der Waals surface area contributed by atoms with Gasteiger partial charge in [-0.15, -0.1) is 11.3 Å². The highest BCUT2D eigenvalue weighted by Crippen LogP contribution is 2.39. The molecule has 0 atom stereocenters. The molecular weight excluding hydrogens is 436 g/mol. The maximum absolute atomic E-state index is 12.7. The molecule has 33 heavy (non-hydrogen) atoms. The summed E-state index contributed by atoms with van der Waals surface area (Å²) >= 11 is 1.39. The Kier molecular flexibility index (Phi) is 5.61. The zero-order valence-electron chi connectivity index (χ0n) is 18.0. The lowest BCUT2D eigenvalue weighted by Gasteiger charge is -2.37. The fraction of sp³-hybridized carbons (Fsp3) is 0.269. The normalized spacial score (nSPS) is 15.6. The molecule has 1 aromatic carbocycles. The van der Waals surface area contributed by atoms with Crippen LogP contribution in [-0.4, -0.2) is 24.2 Å². The number of anilines is 1. The van der Waals surface area contributed by atoms with Crippen molar-refractivity contribution in [3.8, 4) is 0 Å². The fourth-order valence-electron chi connectivity index (χ4n) is 4.75. The first-order chi connectivity index (χ1) is 16.0. The first-order valence-corrected chi connectivity index (χ1v) is 11.8. The fourth-order valence-corrected chi connectivity index (χ4v) is 5.62. The highest BCUT2D eigenvalue weighted by Gasteiger charge is 2.27. The van der Waals surface area contributed by atoms with E-state index < -0.39 is 5.97 Å². The molecule has 0 radical (unpaired) electrons. The summed E-state index contributed by atoms with van der Waals surface area (Å²) in [6, 6.07) is 7.80. The summed E-state index contributed by atoms with van der Waals surface area (Å²) in [6.07, 6.45) is 9.88. The van der Waals surface area contributed by atoms with Gasteiger partial charge in [0.1, 0.15) is 5.58 Å². The number of fused-ring (bicyclic) bond motifs is 2. The number of nitrogens with zero attached hydrogens (tertiary/aromatic N) is 2. The molecule has 2 aliphatic heterocycles. The van der Waals surface area contributed by atoms with Crippen molar-refractivity contribution in [1.29, 1.82) is 0 Å². The number of carboxylic acid groups (broad SMARTS) is 1. The van der Waals surface area contributed by atoms with Crippen LogP contribution in [0.5, 0.6) is 0 Å². The average molecular weight is 459 g/mol. The minimum atomic E-state index is -1.23. The van der Waals surface area contributed by atoms with Gasteiger partial charge in [-0.05, 0) is 74.1 Å². The minimum absolute atomic E-state index is 0.297. The molecule has 0 fully saturated rings. The summed E-state index contributed by atoms with van der Waals surface area (Å²) in [4.78, 5) is 30.8. The monoisotopic (exact) mass is 458 g/mol. The van der Waals surface area contributed by atoms with Crippen molar-refractivity contribution in [3.63, 3.8) is 0 Å². The molecule has 6 nitrogen and oxygen atoms in total. The van der Waals surface area contributed by atoms with Gasteiger partial charge in [0.15, 0.2) is 0 Å². The standard InChI is InChI=1S/C26H22N2O4S/c1-27-22(25(29)30)15-20-10-9-19(33-20)7-2-5-17-14-18-13-16-6-3-11-28-12-4-8-21(23(16)28)24(18)32-26(17)31/h2,7,9-10,13-15H,3-6,8,11-12H2,(H,29,30). The summed E-state index contributed by atoms with van der Waals surface area (Å²) in [5, 5.41) is 9.99. The Morgan fingerprint density at radius 2 is 2.00 bits per heavy atom. The van der Waals surface area contributed by atoms with E-state index in [9.17, 15) is 9.59 Å². The van der Waals surface area contributed by atoms with Crippen molar-refractivity contribution in [1.82, 2.24) is 0 Å². The van der Waals surface area contributed by atoms with E-state index in [0.717, 1.165) is 54.6 Å². The van der Waals surface area contributed by atoms with Crippen LogP contribution >= 0.6 is 11.3 Å². The molecule has 0 spiro atoms. The molecule has 4 heterocycles. The summed E-state index contributed by atoms with van der Waals surface area (Å²) in [5.41, 5.74) is 4.58. The van der Waals surface area contributed by atoms with Gasteiger partial charge in [-0.3, -0.25) is 4.79 Å². The first kappa shape index (κ1) is 21.2. The molecule has 0 saturated carbocycles. The van der Waals surface area contributed by atoms with E-state index in [4.69, 9.17) is 16.1 Å². The lowest BCUT2D eigenvalue weighted by atomic mass is 9.90. The number of aliphatic carboxylic acids is 1. The van der Waals surface area contributed by atoms with E-state index in [0.29, 0.717) is 16.9 Å². The highest BCUT2D eigenvalue weighted by atomic mass is 32.1. The van der Waals surface area contributed by atoms with Gasteiger partial charge in [-0.1, -0.05) is 6.08 Å². The SMILES string of the molecule is [C-]#[N+]C(=Cc1ccc(C=CCc2cc3cc4c5c(c3oc2=O)CCCN5CCC4)s1)C(=O)O. The number of benzene rings is 1. The van der Waals surface area contributed by atoms with Crippen LogP contribution in [0.2, 0.25) is 0 Å². The van der Waals surface area contributed by atoms with Crippen molar-refractivity contribution in [2.45, 2.75) is 32.1 Å². The van der Waals surface area contributed by atoms with E-state index in [-0.39, 0.29) is 11.3 Å². The largest absolute Gasteiger partial charge is 0.486 e. The lowest BCUT2D eigenvalue weighted by Crippen LogP contribution is -2.34. The second kappa shape index (κ2) is 8.72. The van der Waals surface area contributed by atoms with Crippen LogP contribution in [0.15, 0.2) is 45.3 Å². The first-order valence-electron chi connectivity index (χ1n) is 11.0. The van der Waals surface area contributed by atoms with Crippen LogP contribution < -0.4 is 10.5 Å². The molecule has 0 saturated heterocycles. The number of carboxylic acids is 1. The van der Waals surface area contributed by atoms with Crippen molar-refractivity contribution in [2.75, 3.05) is 18.0 Å². The molecule has 0 amide bonds. The Morgan fingerprint density at radius 3 is 2.79 bits per heavy atom. The van der Waals surface area contributed by atoms with E-state index in [1.54, 1.807) is 6.07 Å². The molecule has 2 aromatic heterocycles. The number of aryl methyl sites for hydroxylation is 2. The van der Waals surface area contributed by atoms with E-state index in [1.165, 1.54) is 34.2 Å². The van der Waals surface area contributed by atoms with Gasteiger partial charge in [-0.25, -0.2) is 9.64 Å². The van der Waals surface area contributed by atoms with Crippen LogP contribution in [0.3, 0.4) is 0 Å². The Bertz CT molecular complexity index is 1420. The minimum Gasteiger partial charge on any atom is -0.486 e. The Morgan fingerprint density at radius 1 is 1.21 bits per heavy atom. The van der Waals surface area contributed by atoms with E-state index >= 15 is 0 Å². The second-order valence-corrected chi connectivity index (χ2v) is 9.47. The van der Waals surface area contributed by atoms with Gasteiger partial charge in [0.2, 0.25) is 0 Å². The van der Waals surface area contributed by atoms with Gasteiger partial charge in [-0.2, -0.15) is 0 Å². The van der Waals surface area contributed by atoms with Crippen LogP contribution in [0.4, 0.5) is 5.69 Å². The predicted molar refractivity (Wildman–Crippen MR) is 131 cm³/mol. The van der Waals surface area contributed by atoms with Crippen LogP contribution in [-0.2, 0) is 24.1 Å². The zero-order chi connectivity index (χ0) is 22.9. The summed E-state index contributed by atoms with van der Waals surface area (Å²) in [7, 11) is 0. The number of hydrogen-bond donors (Lipinski definition) is 1. The van der Waals surface area contributed by atoms with Gasteiger partial charge < -0.3 is 14.4 Å². The molecule has 166 valence electrons. The van der Waals surface area contributed by atoms with Gasteiger partial charge in [0.05, 0.1) is 6.57 Å². The Balaban J connectivity index is 1.40. The van der Waals surface area contributed by atoms with Crippen molar-refractivity contribution in [2.24, 2.45) is 0 Å². The van der Waals surface area contributed by atoms with Crippen molar-refractivity contribution >= 4 is 46.1 Å². The van der Waals surface area contributed by atoms with Crippen LogP contribution in [0.1, 0.15) is 39.3 Å². The lowest BCUT2D eigenvalue weighted by molar-refractivity contribution is -0.132. The average Bonchev–Trinajstić information content (AvgIpc) is 3.26. The molecule has 7 heteroatoms. The Labute approximate surface area is 194 Å². The number of rotatable bonds is 5. The van der Waals surface area contributed by atoms with E-state index in [2.05, 4.69) is 15.8 Å². The summed E-state index contributed by atoms with van der Waals surface area (Å²) < 4.78 is 5.84. The second-order valence-electron chi connectivity index (χ2n) is 8.33. The molecule has 0 unspecified atom stereocenters. The molecule has 0 aliphatic carbocycles. The third-order valence-corrected chi connectivity index (χ3v) is 7.17. The van der Waals surface area contributed by atoms with Crippen LogP contribution in [0, 0.1) is 6.57 Å². The third kappa shape index (κ3) is 4.10. The predicted octanol–water partition coefficient (Wildman–Crippen LogP) is 5.15. The van der Waals surface area contributed by atoms with Crippen molar-refractivity contribution in [3.05, 3.63) is 84.3 Å². The third-order valence-electron chi connectivity index (χ3n) is 6.17. The molecule has 0 bridgehead atoms. The zero-order valence-corrected chi connectivity index (χ0v) is 18.8. The molecule has 2 aliphatic rings. The molecule has 5 rings (SSSR count). The topological polar surface area (TPSA) is 75.1 Å². The smallest absolute Gasteiger partial charge is 0.339 e. The summed E-state index contributed by atoms with van der Waals surface area (Å²) in [5.74, 6) is -1.23. The van der Waals surface area contributed by atoms with Gasteiger partial charge in [0, 0.05) is 45.0 Å². The van der Waals surface area contributed by atoms with E-state index in [1.807, 2.05) is 24.3 Å². The molecule has 1 N–H and O–H groups in total. The van der Waals surface area contributed by atoms with Crippen molar-refractivity contribution < 1.29 is 14.3 Å². The van der Waals surface area contributed by atoms with Crippen LogP contribution in [0.25, 0.3) is 28.0 Å². The van der Waals surface area contributed by atoms with Gasteiger partial charge >= 0.3 is 11.6 Å². The summed E-state index contributed by atoms with van der Waals surface area (Å²) in [6.45, 7) is 9.10. The molecule has 3 aromatic rings. The number of allylic oxidation sites excluding steroid dienone is 1. The van der Waals surface area contributed by atoms with Gasteiger partial charge in [0.25, 0.3) is 5.70 Å². The molecular formula is C26H22N2O4S. The number of carbonyl (C=O) groups is 1. The maximum Gasteiger partial charge on any atom is 0.339 e. The number of hydrogen-bond acceptors (Lipinski definition) is 5. The maximum atomic E-state index is 12.7. The highest BCUT2D eigenvalue weighted by molar-refractivity contribution is 7.13. The quantitative estimate of drug-likeness (QED) is 0.325.